The number of aromatic nitrogens is 6. The summed E-state index contributed by atoms with van der Waals surface area (Å²) in [7, 11) is 0. The minimum absolute atomic E-state index is 0.0475. The van der Waals surface area contributed by atoms with Crippen LogP contribution in [0.5, 0.6) is 0 Å². The van der Waals surface area contributed by atoms with Crippen LogP contribution < -0.4 is 16.4 Å². The molecule has 4 aromatic rings. The third-order valence-electron chi connectivity index (χ3n) is 6.04. The molecule has 0 spiro atoms. The highest BCUT2D eigenvalue weighted by atomic mass is 16.5. The van der Waals surface area contributed by atoms with Crippen LogP contribution in [0, 0.1) is 0 Å². The molecule has 2 aliphatic rings. The number of hydrogen-bond acceptors (Lipinski definition) is 8. The van der Waals surface area contributed by atoms with Gasteiger partial charge in [0.1, 0.15) is 29.4 Å². The van der Waals surface area contributed by atoms with E-state index in [1.165, 1.54) is 6.33 Å². The van der Waals surface area contributed by atoms with Crippen LogP contribution in [0.15, 0.2) is 35.2 Å². The van der Waals surface area contributed by atoms with Gasteiger partial charge in [-0.1, -0.05) is 12.1 Å². The lowest BCUT2D eigenvalue weighted by Crippen LogP contribution is -2.20. The van der Waals surface area contributed by atoms with Gasteiger partial charge in [0.2, 0.25) is 0 Å². The molecule has 32 heavy (non-hydrogen) atoms. The van der Waals surface area contributed by atoms with Crippen molar-refractivity contribution < 1.29 is 9.32 Å². The van der Waals surface area contributed by atoms with E-state index in [1.807, 2.05) is 10.7 Å². The second kappa shape index (κ2) is 6.74. The summed E-state index contributed by atoms with van der Waals surface area (Å²) in [4.78, 5) is 25.2. The molecule has 0 aliphatic heterocycles. The highest BCUT2D eigenvalue weighted by molar-refractivity contribution is 6.00. The third-order valence-corrected chi connectivity index (χ3v) is 6.04. The largest absolute Gasteiger partial charge is 0.383 e. The first-order chi connectivity index (χ1) is 15.5. The molecule has 2 aliphatic carbocycles. The van der Waals surface area contributed by atoms with Crippen molar-refractivity contribution in [1.82, 2.24) is 29.9 Å². The molecule has 0 unspecified atom stereocenters. The number of urea groups is 1. The zero-order chi connectivity index (χ0) is 21.9. The van der Waals surface area contributed by atoms with E-state index in [0.717, 1.165) is 42.7 Å². The number of nitrogens with two attached hydrogens (primary N) is 1. The Kier molecular flexibility index (Phi) is 3.94. The van der Waals surface area contributed by atoms with Gasteiger partial charge in [-0.05, 0) is 37.8 Å². The summed E-state index contributed by atoms with van der Waals surface area (Å²) < 4.78 is 7.25. The van der Waals surface area contributed by atoms with Gasteiger partial charge in [-0.15, -0.1) is 0 Å². The van der Waals surface area contributed by atoms with Crippen LogP contribution in [-0.4, -0.2) is 35.9 Å². The smallest absolute Gasteiger partial charge is 0.326 e. The van der Waals surface area contributed by atoms with Gasteiger partial charge in [0, 0.05) is 23.2 Å². The van der Waals surface area contributed by atoms with E-state index in [0.29, 0.717) is 34.6 Å². The fourth-order valence-corrected chi connectivity index (χ4v) is 3.70. The maximum absolute atomic E-state index is 12.3. The third kappa shape index (κ3) is 3.22. The number of anilines is 3. The van der Waals surface area contributed by atoms with Gasteiger partial charge < -0.3 is 10.3 Å². The Morgan fingerprint density at radius 3 is 2.72 bits per heavy atom. The van der Waals surface area contributed by atoms with E-state index < -0.39 is 6.03 Å². The van der Waals surface area contributed by atoms with Crippen molar-refractivity contribution in [2.75, 3.05) is 16.4 Å². The van der Waals surface area contributed by atoms with Crippen LogP contribution in [0.3, 0.4) is 0 Å². The Morgan fingerprint density at radius 2 is 2.00 bits per heavy atom. The molecule has 0 bridgehead atoms. The zero-order valence-corrected chi connectivity index (χ0v) is 17.4. The molecule has 4 heterocycles. The predicted octanol–water partition coefficient (Wildman–Crippen LogP) is 3.49. The summed E-state index contributed by atoms with van der Waals surface area (Å²) >= 11 is 0. The van der Waals surface area contributed by atoms with E-state index in [4.69, 9.17) is 15.4 Å². The molecule has 2 amide bonds. The van der Waals surface area contributed by atoms with Crippen molar-refractivity contribution in [3.8, 4) is 11.3 Å². The second-order valence-corrected chi connectivity index (χ2v) is 8.63. The first-order valence-electron chi connectivity index (χ1n) is 10.5. The minimum atomic E-state index is -0.452. The van der Waals surface area contributed by atoms with Crippen LogP contribution in [0.1, 0.15) is 44.4 Å². The quantitative estimate of drug-likeness (QED) is 0.434. The number of pyridine rings is 1. The number of nitrogens with zero attached hydrogens (tertiary/aromatic N) is 6. The molecule has 4 N–H and O–H groups in total. The lowest BCUT2D eigenvalue weighted by Gasteiger charge is -2.05. The number of nitrogens with one attached hydrogen (secondary N) is 2. The average Bonchev–Trinajstić information content (AvgIpc) is 3.68. The first kappa shape index (κ1) is 18.7. The highest BCUT2D eigenvalue weighted by Gasteiger charge is 2.43. The standard InChI is InChI=1S/C21H21N9O2/c1-21(6-7-21)13-8-15(29-32-13)27-20(31)26-14-5-2-11(9-23-14)17-16-18(22)24-10-25-19(16)30(28-17)12-3-4-12/h2,5,8-10,12H,3-4,6-7H2,1H3,(H2,22,24,25)(H2,23,26,27,29,31). The van der Waals surface area contributed by atoms with Crippen LogP contribution in [0.2, 0.25) is 0 Å². The number of hydrogen-bond donors (Lipinski definition) is 3. The monoisotopic (exact) mass is 431 g/mol. The first-order valence-corrected chi connectivity index (χ1v) is 10.5. The molecular formula is C21H21N9O2. The summed E-state index contributed by atoms with van der Waals surface area (Å²) in [5.74, 6) is 1.93. The number of nitrogen functional groups attached to an aromatic ring is 1. The summed E-state index contributed by atoms with van der Waals surface area (Å²) in [6.07, 6.45) is 7.37. The van der Waals surface area contributed by atoms with Gasteiger partial charge >= 0.3 is 6.03 Å². The number of carbonyl (C=O) groups excluding carboxylic acids is 1. The molecule has 2 fully saturated rings. The van der Waals surface area contributed by atoms with Crippen LogP contribution in [0.25, 0.3) is 22.3 Å². The Labute approximate surface area is 182 Å². The summed E-state index contributed by atoms with van der Waals surface area (Å²) in [6.45, 7) is 2.11. The predicted molar refractivity (Wildman–Crippen MR) is 117 cm³/mol. The number of rotatable bonds is 5. The van der Waals surface area contributed by atoms with Gasteiger partial charge in [0.05, 0.1) is 11.4 Å². The normalized spacial score (nSPS) is 16.8. The number of fused-ring (bicyclic) bond motifs is 1. The minimum Gasteiger partial charge on any atom is -0.383 e. The fourth-order valence-electron chi connectivity index (χ4n) is 3.70. The van der Waals surface area contributed by atoms with Crippen LogP contribution in [0.4, 0.5) is 22.2 Å². The number of carbonyl (C=O) groups is 1. The molecular weight excluding hydrogens is 410 g/mol. The molecule has 0 saturated heterocycles. The zero-order valence-electron chi connectivity index (χ0n) is 17.4. The van der Waals surface area contributed by atoms with Gasteiger partial charge in [0.25, 0.3) is 0 Å². The lowest BCUT2D eigenvalue weighted by atomic mass is 10.1. The average molecular weight is 431 g/mol. The highest BCUT2D eigenvalue weighted by Crippen LogP contribution is 2.48. The molecule has 11 heteroatoms. The molecule has 11 nitrogen and oxygen atoms in total. The van der Waals surface area contributed by atoms with Crippen molar-refractivity contribution in [1.29, 1.82) is 0 Å². The SMILES string of the molecule is CC1(c2cc(NC(=O)Nc3ccc(-c4nn(C5CC5)c5ncnc(N)c45)cn3)no2)CC1. The van der Waals surface area contributed by atoms with Crippen molar-refractivity contribution in [3.63, 3.8) is 0 Å². The van der Waals surface area contributed by atoms with Gasteiger partial charge in [-0.25, -0.2) is 24.4 Å². The van der Waals surface area contributed by atoms with Crippen molar-refractivity contribution in [2.24, 2.45) is 0 Å². The summed E-state index contributed by atoms with van der Waals surface area (Å²) in [5, 5.41) is 14.7. The molecule has 162 valence electrons. The summed E-state index contributed by atoms with van der Waals surface area (Å²) in [6, 6.07) is 5.19. The molecule has 0 aromatic carbocycles. The second-order valence-electron chi connectivity index (χ2n) is 8.63. The molecule has 2 saturated carbocycles. The fraction of sp³-hybridized carbons (Fsp3) is 0.333. The van der Waals surface area contributed by atoms with Crippen LogP contribution >= 0.6 is 0 Å². The van der Waals surface area contributed by atoms with Crippen molar-refractivity contribution in [3.05, 3.63) is 36.5 Å². The van der Waals surface area contributed by atoms with Gasteiger partial charge in [-0.2, -0.15) is 5.10 Å². The van der Waals surface area contributed by atoms with Gasteiger partial charge in [-0.3, -0.25) is 10.6 Å². The van der Waals surface area contributed by atoms with E-state index >= 15 is 0 Å². The Bertz CT molecular complexity index is 1330. The molecule has 0 atom stereocenters. The molecule has 6 rings (SSSR count). The number of amides is 2. The van der Waals surface area contributed by atoms with Gasteiger partial charge in [0.15, 0.2) is 11.5 Å². The molecule has 0 radical (unpaired) electrons. The molecule has 4 aromatic heterocycles. The topological polar surface area (TPSA) is 150 Å². The van der Waals surface area contributed by atoms with Crippen molar-refractivity contribution >= 4 is 34.5 Å². The summed E-state index contributed by atoms with van der Waals surface area (Å²) in [5.41, 5.74) is 8.34. The van der Waals surface area contributed by atoms with E-state index in [2.05, 4.69) is 37.7 Å². The van der Waals surface area contributed by atoms with E-state index in [1.54, 1.807) is 18.3 Å². The Morgan fingerprint density at radius 1 is 1.19 bits per heavy atom. The van der Waals surface area contributed by atoms with Crippen molar-refractivity contribution in [2.45, 2.75) is 44.1 Å². The Hall–Kier alpha value is -4.02. The Balaban J connectivity index is 1.20. The lowest BCUT2D eigenvalue weighted by molar-refractivity contribution is 0.261. The van der Waals surface area contributed by atoms with E-state index in [-0.39, 0.29) is 5.41 Å². The maximum Gasteiger partial charge on any atom is 0.326 e. The van der Waals surface area contributed by atoms with Crippen LogP contribution in [-0.2, 0) is 5.41 Å². The van der Waals surface area contributed by atoms with E-state index in [9.17, 15) is 4.79 Å². The maximum atomic E-state index is 12.3.